The van der Waals surface area contributed by atoms with Crippen LogP contribution in [0, 0.1) is 5.82 Å². The second-order valence-corrected chi connectivity index (χ2v) is 6.62. The highest BCUT2D eigenvalue weighted by atomic mass is 19.4. The van der Waals surface area contributed by atoms with Gasteiger partial charge in [-0.1, -0.05) is 6.07 Å². The first-order valence-electron chi connectivity index (χ1n) is 7.79. The number of carbonyl (C=O) groups is 1. The lowest BCUT2D eigenvalue weighted by Gasteiger charge is -2.27. The highest BCUT2D eigenvalue weighted by Crippen LogP contribution is 2.33. The molecule has 27 heavy (non-hydrogen) atoms. The SMILES string of the molecule is CN(C)c1nc(C(=O)NC(C)(C)c2ccc(C(F)(F)F)c(F)c2)cc(=O)[nH]1. The molecule has 10 heteroatoms. The van der Waals surface area contributed by atoms with E-state index in [1.54, 1.807) is 14.1 Å². The number of halogens is 4. The van der Waals surface area contributed by atoms with Gasteiger partial charge in [-0.2, -0.15) is 13.2 Å². The molecule has 0 saturated heterocycles. The minimum absolute atomic E-state index is 0.124. The van der Waals surface area contributed by atoms with Gasteiger partial charge in [-0.15, -0.1) is 0 Å². The molecule has 0 spiro atoms. The summed E-state index contributed by atoms with van der Waals surface area (Å²) < 4.78 is 51.9. The fourth-order valence-corrected chi connectivity index (χ4v) is 2.33. The molecule has 2 rings (SSSR count). The molecular weight excluding hydrogens is 368 g/mol. The second-order valence-electron chi connectivity index (χ2n) is 6.62. The molecule has 2 aromatic rings. The van der Waals surface area contributed by atoms with Crippen molar-refractivity contribution in [1.29, 1.82) is 0 Å². The van der Waals surface area contributed by atoms with Crippen molar-refractivity contribution in [1.82, 2.24) is 15.3 Å². The van der Waals surface area contributed by atoms with E-state index in [0.29, 0.717) is 6.07 Å². The number of alkyl halides is 3. The first-order valence-corrected chi connectivity index (χ1v) is 7.79. The molecule has 0 aliphatic heterocycles. The van der Waals surface area contributed by atoms with E-state index in [1.807, 2.05) is 0 Å². The molecule has 1 amide bonds. The van der Waals surface area contributed by atoms with Crippen molar-refractivity contribution in [2.45, 2.75) is 25.6 Å². The van der Waals surface area contributed by atoms with Crippen LogP contribution in [0.5, 0.6) is 0 Å². The van der Waals surface area contributed by atoms with E-state index in [2.05, 4.69) is 15.3 Å². The molecule has 1 aromatic heterocycles. The summed E-state index contributed by atoms with van der Waals surface area (Å²) >= 11 is 0. The Morgan fingerprint density at radius 2 is 1.81 bits per heavy atom. The predicted molar refractivity (Wildman–Crippen MR) is 91.1 cm³/mol. The molecule has 0 unspecified atom stereocenters. The van der Waals surface area contributed by atoms with Gasteiger partial charge in [0.25, 0.3) is 11.5 Å². The highest BCUT2D eigenvalue weighted by molar-refractivity contribution is 5.93. The molecule has 6 nitrogen and oxygen atoms in total. The van der Waals surface area contributed by atoms with Gasteiger partial charge in [-0.25, -0.2) is 9.37 Å². The summed E-state index contributed by atoms with van der Waals surface area (Å²) in [6.07, 6.45) is -4.81. The van der Waals surface area contributed by atoms with E-state index in [0.717, 1.165) is 18.2 Å². The van der Waals surface area contributed by atoms with Crippen molar-refractivity contribution < 1.29 is 22.4 Å². The minimum Gasteiger partial charge on any atom is -0.348 e. The van der Waals surface area contributed by atoms with E-state index in [9.17, 15) is 27.2 Å². The lowest BCUT2D eigenvalue weighted by atomic mass is 9.92. The van der Waals surface area contributed by atoms with Gasteiger partial charge in [-0.05, 0) is 31.5 Å². The number of nitrogens with zero attached hydrogens (tertiary/aromatic N) is 2. The van der Waals surface area contributed by atoms with E-state index in [-0.39, 0.29) is 17.2 Å². The Labute approximate surface area is 152 Å². The van der Waals surface area contributed by atoms with Crippen LogP contribution in [-0.2, 0) is 11.7 Å². The molecule has 2 N–H and O–H groups in total. The summed E-state index contributed by atoms with van der Waals surface area (Å²) in [6.45, 7) is 2.99. The largest absolute Gasteiger partial charge is 0.419 e. The molecule has 0 aliphatic carbocycles. The van der Waals surface area contributed by atoms with E-state index < -0.39 is 34.6 Å². The lowest BCUT2D eigenvalue weighted by Crippen LogP contribution is -2.42. The zero-order valence-corrected chi connectivity index (χ0v) is 15.0. The number of hydrogen-bond acceptors (Lipinski definition) is 4. The van der Waals surface area contributed by atoms with Crippen LogP contribution in [0.15, 0.2) is 29.1 Å². The van der Waals surface area contributed by atoms with Crippen molar-refractivity contribution >= 4 is 11.9 Å². The molecule has 1 aromatic carbocycles. The van der Waals surface area contributed by atoms with Gasteiger partial charge < -0.3 is 10.2 Å². The molecular formula is C17H18F4N4O2. The van der Waals surface area contributed by atoms with Crippen LogP contribution >= 0.6 is 0 Å². The Bertz CT molecular complexity index is 920. The maximum atomic E-state index is 13.8. The minimum atomic E-state index is -4.81. The van der Waals surface area contributed by atoms with Crippen molar-refractivity contribution in [2.24, 2.45) is 0 Å². The summed E-state index contributed by atoms with van der Waals surface area (Å²) in [4.78, 5) is 32.1. The zero-order chi connectivity index (χ0) is 20.6. The van der Waals surface area contributed by atoms with Crippen LogP contribution in [0.4, 0.5) is 23.5 Å². The van der Waals surface area contributed by atoms with E-state index in [4.69, 9.17) is 0 Å². The lowest BCUT2D eigenvalue weighted by molar-refractivity contribution is -0.140. The van der Waals surface area contributed by atoms with E-state index >= 15 is 0 Å². The third kappa shape index (κ3) is 4.63. The number of carbonyl (C=O) groups excluding carboxylic acids is 1. The van der Waals surface area contributed by atoms with Crippen LogP contribution in [0.1, 0.15) is 35.5 Å². The summed E-state index contributed by atoms with van der Waals surface area (Å²) in [5.41, 5.74) is -3.20. The fraction of sp³-hybridized carbons (Fsp3) is 0.353. The van der Waals surface area contributed by atoms with Gasteiger partial charge >= 0.3 is 6.18 Å². The molecule has 0 fully saturated rings. The third-order valence-electron chi connectivity index (χ3n) is 3.81. The number of benzene rings is 1. The van der Waals surface area contributed by atoms with Gasteiger partial charge in [0.05, 0.1) is 11.1 Å². The van der Waals surface area contributed by atoms with Crippen LogP contribution in [0.25, 0.3) is 0 Å². The van der Waals surface area contributed by atoms with Gasteiger partial charge in [0, 0.05) is 20.2 Å². The number of anilines is 1. The van der Waals surface area contributed by atoms with Crippen LogP contribution in [0.3, 0.4) is 0 Å². The number of aromatic nitrogens is 2. The summed E-state index contributed by atoms with van der Waals surface area (Å²) in [7, 11) is 3.24. The Hall–Kier alpha value is -2.91. The smallest absolute Gasteiger partial charge is 0.348 e. The number of rotatable bonds is 4. The van der Waals surface area contributed by atoms with Crippen LogP contribution in [0.2, 0.25) is 0 Å². The monoisotopic (exact) mass is 386 g/mol. The molecule has 146 valence electrons. The van der Waals surface area contributed by atoms with Gasteiger partial charge in [0.15, 0.2) is 0 Å². The van der Waals surface area contributed by atoms with Crippen LogP contribution < -0.4 is 15.8 Å². The summed E-state index contributed by atoms with van der Waals surface area (Å²) in [5.74, 6) is -2.01. The van der Waals surface area contributed by atoms with Crippen LogP contribution in [-0.4, -0.2) is 30.0 Å². The Morgan fingerprint density at radius 1 is 1.19 bits per heavy atom. The highest BCUT2D eigenvalue weighted by Gasteiger charge is 2.35. The number of aromatic amines is 1. The topological polar surface area (TPSA) is 78.1 Å². The molecule has 1 heterocycles. The average Bonchev–Trinajstić information content (AvgIpc) is 2.52. The number of H-pyrrole nitrogens is 1. The quantitative estimate of drug-likeness (QED) is 0.792. The maximum Gasteiger partial charge on any atom is 0.419 e. The fourth-order valence-electron chi connectivity index (χ4n) is 2.33. The first-order chi connectivity index (χ1) is 12.3. The summed E-state index contributed by atoms with van der Waals surface area (Å²) in [6, 6.07) is 3.42. The van der Waals surface area contributed by atoms with Gasteiger partial charge in [0.2, 0.25) is 5.95 Å². The first kappa shape index (κ1) is 20.4. The normalized spacial score (nSPS) is 12.0. The van der Waals surface area contributed by atoms with Crippen molar-refractivity contribution in [3.05, 3.63) is 57.3 Å². The molecule has 0 radical (unpaired) electrons. The third-order valence-corrected chi connectivity index (χ3v) is 3.81. The molecule has 0 aliphatic rings. The average molecular weight is 386 g/mol. The van der Waals surface area contributed by atoms with Crippen molar-refractivity contribution in [2.75, 3.05) is 19.0 Å². The Morgan fingerprint density at radius 3 is 2.33 bits per heavy atom. The van der Waals surface area contributed by atoms with Crippen molar-refractivity contribution in [3.8, 4) is 0 Å². The van der Waals surface area contributed by atoms with Crippen molar-refractivity contribution in [3.63, 3.8) is 0 Å². The number of nitrogens with one attached hydrogen (secondary N) is 2. The Balaban J connectivity index is 2.32. The number of amides is 1. The maximum absolute atomic E-state index is 13.8. The summed E-state index contributed by atoms with van der Waals surface area (Å²) in [5, 5.41) is 2.55. The zero-order valence-electron chi connectivity index (χ0n) is 15.0. The second kappa shape index (κ2) is 7.01. The van der Waals surface area contributed by atoms with E-state index in [1.165, 1.54) is 18.7 Å². The molecule has 0 atom stereocenters. The molecule has 0 saturated carbocycles. The van der Waals surface area contributed by atoms with Gasteiger partial charge in [0.1, 0.15) is 11.5 Å². The predicted octanol–water partition coefficient (Wildman–Crippen LogP) is 2.66. The number of hydrogen-bond donors (Lipinski definition) is 2. The van der Waals surface area contributed by atoms with Gasteiger partial charge in [-0.3, -0.25) is 14.6 Å². The standard InChI is InChI=1S/C17H18F4N4O2/c1-16(2,9-5-6-10(11(18)7-9)17(19,20)21)24-14(27)12-8-13(26)23-15(22-12)25(3)4/h5-8H,1-4H3,(H,24,27)(H,22,23,26). The Kier molecular flexibility index (Phi) is 5.30. The molecule has 0 bridgehead atoms.